The number of hydrogen-bond acceptors (Lipinski definition) is 6. The van der Waals surface area contributed by atoms with E-state index in [1.807, 2.05) is 61.7 Å². The second kappa shape index (κ2) is 12.1. The quantitative estimate of drug-likeness (QED) is 0.425. The van der Waals surface area contributed by atoms with Gasteiger partial charge in [0.2, 0.25) is 0 Å². The number of pyridine rings is 1. The maximum absolute atomic E-state index is 12.6. The second-order valence-electron chi connectivity index (χ2n) is 9.15. The number of likely N-dealkylation sites (N-methyl/N-ethyl adjacent to an activating group) is 1. The lowest BCUT2D eigenvalue weighted by molar-refractivity contribution is -0.275. The Bertz CT molecular complexity index is 1150. The molecule has 1 saturated heterocycles. The monoisotopic (exact) mass is 487 g/mol. The molecule has 2 heterocycles. The molecule has 3 aromatic rings. The lowest BCUT2D eigenvalue weighted by atomic mass is 9.90. The fourth-order valence-electron chi connectivity index (χ4n) is 4.39. The van der Waals surface area contributed by atoms with Crippen molar-refractivity contribution in [1.82, 2.24) is 9.88 Å². The molecule has 1 aromatic heterocycles. The third kappa shape index (κ3) is 6.25. The SMILES string of the molecule is C=CCN(C)CC1OC(c2cccc(NC(=O)c3cccnc3)c2)OC(c2ccc(CO)cc2)C1C. The molecule has 1 aliphatic heterocycles. The van der Waals surface area contributed by atoms with E-state index < -0.39 is 6.29 Å². The van der Waals surface area contributed by atoms with Crippen LogP contribution in [-0.4, -0.2) is 47.1 Å². The van der Waals surface area contributed by atoms with E-state index in [0.717, 1.165) is 29.8 Å². The van der Waals surface area contributed by atoms with Crippen LogP contribution in [0.2, 0.25) is 0 Å². The third-order valence-electron chi connectivity index (χ3n) is 6.40. The average Bonchev–Trinajstić information content (AvgIpc) is 2.90. The number of aliphatic hydroxyl groups excluding tert-OH is 1. The van der Waals surface area contributed by atoms with Gasteiger partial charge in [-0.25, -0.2) is 0 Å². The van der Waals surface area contributed by atoms with Crippen molar-refractivity contribution in [3.8, 4) is 0 Å². The summed E-state index contributed by atoms with van der Waals surface area (Å²) in [6.07, 6.45) is 4.14. The fraction of sp³-hybridized carbons (Fsp3) is 0.310. The van der Waals surface area contributed by atoms with Crippen molar-refractivity contribution in [2.45, 2.75) is 32.0 Å². The summed E-state index contributed by atoms with van der Waals surface area (Å²) in [6, 6.07) is 18.8. The van der Waals surface area contributed by atoms with E-state index >= 15 is 0 Å². The molecule has 4 unspecified atom stereocenters. The summed E-state index contributed by atoms with van der Waals surface area (Å²) in [5, 5.41) is 12.4. The zero-order chi connectivity index (χ0) is 25.5. The smallest absolute Gasteiger partial charge is 0.257 e. The van der Waals surface area contributed by atoms with Crippen LogP contribution in [0.1, 0.15) is 46.4 Å². The molecule has 7 nitrogen and oxygen atoms in total. The first-order valence-electron chi connectivity index (χ1n) is 12.1. The predicted molar refractivity (Wildman–Crippen MR) is 139 cm³/mol. The van der Waals surface area contributed by atoms with Crippen LogP contribution in [0, 0.1) is 5.92 Å². The number of rotatable bonds is 9. The van der Waals surface area contributed by atoms with Crippen LogP contribution in [-0.2, 0) is 16.1 Å². The van der Waals surface area contributed by atoms with Gasteiger partial charge in [-0.1, -0.05) is 49.4 Å². The summed E-state index contributed by atoms with van der Waals surface area (Å²) < 4.78 is 13.0. The van der Waals surface area contributed by atoms with E-state index in [-0.39, 0.29) is 30.6 Å². The van der Waals surface area contributed by atoms with Crippen molar-refractivity contribution in [3.63, 3.8) is 0 Å². The maximum Gasteiger partial charge on any atom is 0.257 e. The summed E-state index contributed by atoms with van der Waals surface area (Å²) in [7, 11) is 2.04. The van der Waals surface area contributed by atoms with Crippen LogP contribution in [0.4, 0.5) is 5.69 Å². The number of nitrogens with zero attached hydrogens (tertiary/aromatic N) is 2. The van der Waals surface area contributed by atoms with Gasteiger partial charge in [0.1, 0.15) is 0 Å². The molecule has 36 heavy (non-hydrogen) atoms. The van der Waals surface area contributed by atoms with Crippen molar-refractivity contribution in [2.75, 3.05) is 25.5 Å². The standard InChI is InChI=1S/C29H33N3O4/c1-4-15-32(3)18-26-20(2)27(22-12-10-21(19-33)11-13-22)36-29(35-26)23-7-5-9-25(16-23)31-28(34)24-8-6-14-30-17-24/h4-14,16-17,20,26-27,29,33H,1,15,18-19H2,2-3H3,(H,31,34). The number of amides is 1. The summed E-state index contributed by atoms with van der Waals surface area (Å²) in [5.41, 5.74) is 3.84. The Morgan fingerprint density at radius 1 is 1.14 bits per heavy atom. The molecular weight excluding hydrogens is 454 g/mol. The van der Waals surface area contributed by atoms with Gasteiger partial charge in [-0.15, -0.1) is 6.58 Å². The molecule has 0 bridgehead atoms. The van der Waals surface area contributed by atoms with Gasteiger partial charge in [0, 0.05) is 42.7 Å². The van der Waals surface area contributed by atoms with Crippen LogP contribution in [0.25, 0.3) is 0 Å². The number of hydrogen-bond donors (Lipinski definition) is 2. The Balaban J connectivity index is 1.58. The Labute approximate surface area is 212 Å². The number of aromatic nitrogens is 1. The lowest BCUT2D eigenvalue weighted by Gasteiger charge is -2.42. The Kier molecular flexibility index (Phi) is 8.61. The largest absolute Gasteiger partial charge is 0.392 e. The number of ether oxygens (including phenoxy) is 2. The number of nitrogens with one attached hydrogen (secondary N) is 1. The zero-order valence-corrected chi connectivity index (χ0v) is 20.7. The maximum atomic E-state index is 12.6. The molecule has 1 fully saturated rings. The van der Waals surface area contributed by atoms with E-state index in [1.54, 1.807) is 18.3 Å². The number of anilines is 1. The first-order valence-corrected chi connectivity index (χ1v) is 12.1. The number of carbonyl (C=O) groups excluding carboxylic acids is 1. The highest BCUT2D eigenvalue weighted by molar-refractivity contribution is 6.04. The highest BCUT2D eigenvalue weighted by Crippen LogP contribution is 2.42. The summed E-state index contributed by atoms with van der Waals surface area (Å²) in [5.74, 6) is -0.146. The summed E-state index contributed by atoms with van der Waals surface area (Å²) in [4.78, 5) is 18.8. The van der Waals surface area contributed by atoms with E-state index in [9.17, 15) is 9.90 Å². The second-order valence-corrected chi connectivity index (χ2v) is 9.15. The summed E-state index contributed by atoms with van der Waals surface area (Å²) >= 11 is 0. The Morgan fingerprint density at radius 3 is 2.64 bits per heavy atom. The van der Waals surface area contributed by atoms with Crippen LogP contribution >= 0.6 is 0 Å². The van der Waals surface area contributed by atoms with E-state index in [4.69, 9.17) is 9.47 Å². The molecule has 4 atom stereocenters. The third-order valence-corrected chi connectivity index (χ3v) is 6.40. The molecule has 0 saturated carbocycles. The molecule has 2 N–H and O–H groups in total. The predicted octanol–water partition coefficient (Wildman–Crippen LogP) is 4.74. The van der Waals surface area contributed by atoms with E-state index in [0.29, 0.717) is 11.3 Å². The van der Waals surface area contributed by atoms with E-state index in [2.05, 4.69) is 28.7 Å². The minimum absolute atomic E-state index is 0.000374. The minimum Gasteiger partial charge on any atom is -0.392 e. The van der Waals surface area contributed by atoms with Gasteiger partial charge in [-0.05, 0) is 42.4 Å². The molecule has 0 radical (unpaired) electrons. The van der Waals surface area contributed by atoms with Gasteiger partial charge >= 0.3 is 0 Å². The van der Waals surface area contributed by atoms with Gasteiger partial charge in [0.15, 0.2) is 6.29 Å². The zero-order valence-electron chi connectivity index (χ0n) is 20.7. The van der Waals surface area contributed by atoms with Crippen LogP contribution in [0.5, 0.6) is 0 Å². The van der Waals surface area contributed by atoms with Gasteiger partial charge in [0.25, 0.3) is 5.91 Å². The molecule has 7 heteroatoms. The van der Waals surface area contributed by atoms with Crippen LogP contribution < -0.4 is 5.32 Å². The van der Waals surface area contributed by atoms with Crippen molar-refractivity contribution in [2.24, 2.45) is 5.92 Å². The van der Waals surface area contributed by atoms with Gasteiger partial charge < -0.3 is 24.8 Å². The van der Waals surface area contributed by atoms with Gasteiger partial charge in [0.05, 0.1) is 24.4 Å². The molecule has 4 rings (SSSR count). The van der Waals surface area contributed by atoms with Crippen LogP contribution in [0.15, 0.2) is 85.7 Å². The van der Waals surface area contributed by atoms with Crippen molar-refractivity contribution in [1.29, 1.82) is 0 Å². The number of aliphatic hydroxyl groups is 1. The minimum atomic E-state index is -0.610. The Hall–Kier alpha value is -3.36. The van der Waals surface area contributed by atoms with E-state index in [1.165, 1.54) is 6.20 Å². The van der Waals surface area contributed by atoms with Crippen LogP contribution in [0.3, 0.4) is 0 Å². The van der Waals surface area contributed by atoms with Crippen molar-refractivity contribution in [3.05, 3.63) is 108 Å². The topological polar surface area (TPSA) is 83.9 Å². The first-order chi connectivity index (χ1) is 17.5. The van der Waals surface area contributed by atoms with Gasteiger partial charge in [-0.2, -0.15) is 0 Å². The highest BCUT2D eigenvalue weighted by Gasteiger charge is 2.38. The molecule has 2 aromatic carbocycles. The summed E-state index contributed by atoms with van der Waals surface area (Å²) in [6.45, 7) is 7.45. The molecule has 188 valence electrons. The van der Waals surface area contributed by atoms with Crippen molar-refractivity contribution < 1.29 is 19.4 Å². The molecule has 0 aliphatic carbocycles. The molecule has 1 aliphatic rings. The first kappa shape index (κ1) is 25.7. The normalized spacial score (nSPS) is 21.8. The number of benzene rings is 2. The highest BCUT2D eigenvalue weighted by atomic mass is 16.7. The molecular formula is C29H33N3O4. The Morgan fingerprint density at radius 2 is 1.94 bits per heavy atom. The molecule has 0 spiro atoms. The van der Waals surface area contributed by atoms with Gasteiger partial charge in [-0.3, -0.25) is 9.78 Å². The van der Waals surface area contributed by atoms with Crippen molar-refractivity contribution >= 4 is 11.6 Å². The number of carbonyl (C=O) groups is 1. The lowest BCUT2D eigenvalue weighted by Crippen LogP contribution is -2.43. The average molecular weight is 488 g/mol. The fourth-order valence-corrected chi connectivity index (χ4v) is 4.39. The molecule has 1 amide bonds.